The molecule has 0 spiro atoms. The normalized spacial score (nSPS) is 33.8. The summed E-state index contributed by atoms with van der Waals surface area (Å²) in [5.41, 5.74) is 0. The Hall–Kier alpha value is -0.570. The maximum Gasteiger partial charge on any atom is 0.225 e. The molecule has 0 aromatic heterocycles. The Kier molecular flexibility index (Phi) is 3.06. The Labute approximate surface area is 85.8 Å². The van der Waals surface area contributed by atoms with Crippen LogP contribution >= 0.6 is 0 Å². The molecule has 0 saturated carbocycles. The van der Waals surface area contributed by atoms with Crippen LogP contribution in [0, 0.1) is 11.8 Å². The average Bonchev–Trinajstić information content (AvgIpc) is 2.52. The van der Waals surface area contributed by atoms with Gasteiger partial charge in [0.2, 0.25) is 5.91 Å². The zero-order valence-electron chi connectivity index (χ0n) is 8.96. The van der Waals surface area contributed by atoms with Crippen molar-refractivity contribution in [1.29, 1.82) is 0 Å². The fraction of sp³-hybridized carbons (Fsp3) is 0.909. The molecule has 2 fully saturated rings. The third-order valence-corrected chi connectivity index (χ3v) is 3.44. The molecular weight excluding hydrogens is 176 g/mol. The second kappa shape index (κ2) is 4.30. The molecule has 2 rings (SSSR count). The predicted octanol–water partition coefficient (Wildman–Crippen LogP) is 0.854. The van der Waals surface area contributed by atoms with Gasteiger partial charge in [-0.15, -0.1) is 0 Å². The molecular formula is C11H20N2O. The molecule has 2 aliphatic heterocycles. The van der Waals surface area contributed by atoms with Crippen molar-refractivity contribution >= 4 is 5.91 Å². The molecule has 2 heterocycles. The highest BCUT2D eigenvalue weighted by atomic mass is 16.2. The fourth-order valence-corrected chi connectivity index (χ4v) is 2.47. The average molecular weight is 196 g/mol. The zero-order chi connectivity index (χ0) is 9.97. The Bertz CT molecular complexity index is 211. The van der Waals surface area contributed by atoms with Gasteiger partial charge in [-0.1, -0.05) is 6.92 Å². The summed E-state index contributed by atoms with van der Waals surface area (Å²) >= 11 is 0. The largest absolute Gasteiger partial charge is 0.342 e. The number of hydrogen-bond donors (Lipinski definition) is 1. The van der Waals surface area contributed by atoms with Gasteiger partial charge in [0, 0.05) is 19.0 Å². The molecule has 0 aliphatic carbocycles. The van der Waals surface area contributed by atoms with Crippen molar-refractivity contribution in [1.82, 2.24) is 10.2 Å². The molecule has 0 bridgehead atoms. The summed E-state index contributed by atoms with van der Waals surface area (Å²) in [6.07, 6.45) is 3.60. The van der Waals surface area contributed by atoms with Crippen molar-refractivity contribution in [2.45, 2.75) is 26.2 Å². The monoisotopic (exact) mass is 196 g/mol. The summed E-state index contributed by atoms with van der Waals surface area (Å²) in [5, 5.41) is 3.40. The smallest absolute Gasteiger partial charge is 0.225 e. The first-order valence-corrected chi connectivity index (χ1v) is 5.77. The number of likely N-dealkylation sites (tertiary alicyclic amines) is 1. The van der Waals surface area contributed by atoms with E-state index in [1.165, 1.54) is 12.8 Å². The van der Waals surface area contributed by atoms with Crippen LogP contribution < -0.4 is 5.32 Å². The topological polar surface area (TPSA) is 32.3 Å². The number of rotatable bonds is 2. The molecule has 2 saturated heterocycles. The van der Waals surface area contributed by atoms with Gasteiger partial charge in [-0.3, -0.25) is 4.79 Å². The van der Waals surface area contributed by atoms with Gasteiger partial charge in [-0.05, 0) is 38.3 Å². The lowest BCUT2D eigenvalue weighted by Crippen LogP contribution is -2.39. The van der Waals surface area contributed by atoms with Gasteiger partial charge in [-0.25, -0.2) is 0 Å². The second-order valence-corrected chi connectivity index (χ2v) is 4.69. The quantitative estimate of drug-likeness (QED) is 0.710. The van der Waals surface area contributed by atoms with Crippen LogP contribution in [0.5, 0.6) is 0 Å². The molecule has 80 valence electrons. The molecule has 14 heavy (non-hydrogen) atoms. The molecule has 2 unspecified atom stereocenters. The summed E-state index contributed by atoms with van der Waals surface area (Å²) < 4.78 is 0. The maximum absolute atomic E-state index is 11.7. The van der Waals surface area contributed by atoms with Crippen LogP contribution in [0.15, 0.2) is 0 Å². The Balaban J connectivity index is 1.82. The highest BCUT2D eigenvalue weighted by Crippen LogP contribution is 2.20. The van der Waals surface area contributed by atoms with Crippen molar-refractivity contribution in [3.8, 4) is 0 Å². The standard InChI is InChI=1S/C11H20N2O/c1-9-4-6-13(11(9)14)8-10-3-2-5-12-7-10/h9-10,12H,2-8H2,1H3. The minimum atomic E-state index is 0.270. The number of piperidine rings is 1. The summed E-state index contributed by atoms with van der Waals surface area (Å²) in [6.45, 7) is 6.26. The Morgan fingerprint density at radius 1 is 1.50 bits per heavy atom. The van der Waals surface area contributed by atoms with Crippen LogP contribution in [-0.2, 0) is 4.79 Å². The Morgan fingerprint density at radius 3 is 2.93 bits per heavy atom. The highest BCUT2D eigenvalue weighted by Gasteiger charge is 2.29. The van der Waals surface area contributed by atoms with Gasteiger partial charge >= 0.3 is 0 Å². The van der Waals surface area contributed by atoms with Crippen molar-refractivity contribution in [3.63, 3.8) is 0 Å². The number of hydrogen-bond acceptors (Lipinski definition) is 2. The van der Waals surface area contributed by atoms with Crippen molar-refractivity contribution < 1.29 is 4.79 Å². The lowest BCUT2D eigenvalue weighted by molar-refractivity contribution is -0.131. The first-order chi connectivity index (χ1) is 6.77. The number of carbonyl (C=O) groups is 1. The molecule has 2 aliphatic rings. The lowest BCUT2D eigenvalue weighted by Gasteiger charge is -2.27. The van der Waals surface area contributed by atoms with Crippen molar-refractivity contribution in [2.75, 3.05) is 26.2 Å². The molecule has 0 aromatic rings. The minimum absolute atomic E-state index is 0.270. The lowest BCUT2D eigenvalue weighted by atomic mass is 9.99. The van der Waals surface area contributed by atoms with Crippen LogP contribution in [0.4, 0.5) is 0 Å². The Morgan fingerprint density at radius 2 is 2.36 bits per heavy atom. The van der Waals surface area contributed by atoms with Gasteiger partial charge in [0.1, 0.15) is 0 Å². The number of carbonyl (C=O) groups excluding carboxylic acids is 1. The predicted molar refractivity (Wildman–Crippen MR) is 56.0 cm³/mol. The van der Waals surface area contributed by atoms with Crippen molar-refractivity contribution in [2.24, 2.45) is 11.8 Å². The van der Waals surface area contributed by atoms with E-state index in [0.29, 0.717) is 11.8 Å². The molecule has 1 N–H and O–H groups in total. The fourth-order valence-electron chi connectivity index (χ4n) is 2.47. The molecule has 0 aromatic carbocycles. The van der Waals surface area contributed by atoms with E-state index in [9.17, 15) is 4.79 Å². The third-order valence-electron chi connectivity index (χ3n) is 3.44. The van der Waals surface area contributed by atoms with E-state index in [2.05, 4.69) is 10.2 Å². The van der Waals surface area contributed by atoms with Gasteiger partial charge in [0.25, 0.3) is 0 Å². The zero-order valence-corrected chi connectivity index (χ0v) is 8.96. The summed E-state index contributed by atoms with van der Waals surface area (Å²) in [4.78, 5) is 13.7. The van der Waals surface area contributed by atoms with Crippen molar-refractivity contribution in [3.05, 3.63) is 0 Å². The minimum Gasteiger partial charge on any atom is -0.342 e. The van der Waals surface area contributed by atoms with E-state index in [0.717, 1.165) is 32.6 Å². The van der Waals surface area contributed by atoms with E-state index in [1.807, 2.05) is 6.92 Å². The van der Waals surface area contributed by atoms with E-state index in [1.54, 1.807) is 0 Å². The molecule has 1 amide bonds. The number of nitrogens with zero attached hydrogens (tertiary/aromatic N) is 1. The highest BCUT2D eigenvalue weighted by molar-refractivity contribution is 5.80. The van der Waals surface area contributed by atoms with Gasteiger partial charge in [0.15, 0.2) is 0 Å². The number of nitrogens with one attached hydrogen (secondary N) is 1. The molecule has 0 radical (unpaired) electrons. The summed E-state index contributed by atoms with van der Waals surface area (Å²) in [5.74, 6) is 1.33. The van der Waals surface area contributed by atoms with E-state index in [-0.39, 0.29) is 5.92 Å². The first-order valence-electron chi connectivity index (χ1n) is 5.77. The van der Waals surface area contributed by atoms with Crippen LogP contribution in [0.25, 0.3) is 0 Å². The van der Waals surface area contributed by atoms with Crippen LogP contribution in [-0.4, -0.2) is 37.0 Å². The summed E-state index contributed by atoms with van der Waals surface area (Å²) in [7, 11) is 0. The molecule has 2 atom stereocenters. The second-order valence-electron chi connectivity index (χ2n) is 4.69. The van der Waals surface area contributed by atoms with Gasteiger partial charge < -0.3 is 10.2 Å². The third kappa shape index (κ3) is 2.08. The van der Waals surface area contributed by atoms with Gasteiger partial charge in [0.05, 0.1) is 0 Å². The van der Waals surface area contributed by atoms with Gasteiger partial charge in [-0.2, -0.15) is 0 Å². The maximum atomic E-state index is 11.7. The first kappa shape index (κ1) is 9.97. The van der Waals surface area contributed by atoms with E-state index < -0.39 is 0 Å². The number of amides is 1. The molecule has 3 nitrogen and oxygen atoms in total. The van der Waals surface area contributed by atoms with E-state index >= 15 is 0 Å². The van der Waals surface area contributed by atoms with Crippen LogP contribution in [0.3, 0.4) is 0 Å². The van der Waals surface area contributed by atoms with Crippen LogP contribution in [0.2, 0.25) is 0 Å². The SMILES string of the molecule is CC1CCN(CC2CCCNC2)C1=O. The van der Waals surface area contributed by atoms with E-state index in [4.69, 9.17) is 0 Å². The molecule has 3 heteroatoms. The summed E-state index contributed by atoms with van der Waals surface area (Å²) in [6, 6.07) is 0. The van der Waals surface area contributed by atoms with Crippen LogP contribution in [0.1, 0.15) is 26.2 Å².